The Morgan fingerprint density at radius 1 is 0.938 bits per heavy atom. The monoisotopic (exact) mass is 222 g/mol. The van der Waals surface area contributed by atoms with E-state index in [1.807, 2.05) is 0 Å². The number of fused-ring (bicyclic) bond motifs is 1. The zero-order valence-corrected chi connectivity index (χ0v) is 11.3. The molecule has 1 nitrogen and oxygen atoms in total. The summed E-state index contributed by atoms with van der Waals surface area (Å²) < 4.78 is 0. The molecule has 0 saturated heterocycles. The van der Waals surface area contributed by atoms with Crippen LogP contribution in [0, 0.1) is 22.2 Å². The second kappa shape index (κ2) is 2.68. The van der Waals surface area contributed by atoms with Crippen molar-refractivity contribution in [3.05, 3.63) is 0 Å². The van der Waals surface area contributed by atoms with Crippen LogP contribution in [0.15, 0.2) is 0 Å². The minimum Gasteiger partial charge on any atom is -0.390 e. The third-order valence-corrected chi connectivity index (χ3v) is 6.97. The van der Waals surface area contributed by atoms with Gasteiger partial charge in [0, 0.05) is 0 Å². The smallest absolute Gasteiger partial charge is 0.0653 e. The summed E-state index contributed by atoms with van der Waals surface area (Å²) in [5.41, 5.74) is 1.09. The Balaban J connectivity index is 1.96. The molecule has 4 atom stereocenters. The first-order valence-electron chi connectivity index (χ1n) is 6.98. The van der Waals surface area contributed by atoms with Crippen molar-refractivity contribution >= 4 is 0 Å². The third kappa shape index (κ3) is 1.02. The first kappa shape index (κ1) is 11.1. The average Bonchev–Trinajstić information content (AvgIpc) is 2.78. The van der Waals surface area contributed by atoms with E-state index in [9.17, 15) is 5.11 Å². The normalized spacial score (nSPS) is 58.7. The Morgan fingerprint density at radius 3 is 2.00 bits per heavy atom. The molecule has 0 aromatic heterocycles. The maximum atomic E-state index is 10.4. The fraction of sp³-hybridized carbons (Fsp3) is 1.00. The lowest BCUT2D eigenvalue weighted by Gasteiger charge is -2.45. The maximum Gasteiger partial charge on any atom is 0.0653 e. The highest BCUT2D eigenvalue weighted by Crippen LogP contribution is 2.80. The second-order valence-electron chi connectivity index (χ2n) is 7.84. The zero-order chi connectivity index (χ0) is 11.8. The Bertz CT molecular complexity index is 330. The van der Waals surface area contributed by atoms with Crippen LogP contribution in [0.5, 0.6) is 0 Å². The van der Waals surface area contributed by atoms with Gasteiger partial charge in [0.1, 0.15) is 0 Å². The molecule has 92 valence electrons. The van der Waals surface area contributed by atoms with Crippen LogP contribution in [-0.4, -0.2) is 10.7 Å². The predicted molar refractivity (Wildman–Crippen MR) is 66.1 cm³/mol. The summed E-state index contributed by atoms with van der Waals surface area (Å²) in [6.07, 6.45) is 7.74. The molecule has 0 aliphatic heterocycles. The van der Waals surface area contributed by atoms with Gasteiger partial charge in [0.05, 0.1) is 5.60 Å². The minimum atomic E-state index is -0.359. The van der Waals surface area contributed by atoms with Crippen molar-refractivity contribution in [2.45, 2.75) is 71.8 Å². The van der Waals surface area contributed by atoms with Crippen LogP contribution < -0.4 is 0 Å². The van der Waals surface area contributed by atoms with E-state index in [0.29, 0.717) is 22.2 Å². The van der Waals surface area contributed by atoms with Gasteiger partial charge in [0.25, 0.3) is 0 Å². The third-order valence-electron chi connectivity index (χ3n) is 6.97. The van der Waals surface area contributed by atoms with E-state index in [4.69, 9.17) is 0 Å². The molecule has 3 rings (SSSR count). The molecule has 3 aliphatic carbocycles. The van der Waals surface area contributed by atoms with Crippen molar-refractivity contribution in [2.75, 3.05) is 0 Å². The van der Waals surface area contributed by atoms with Gasteiger partial charge in [-0.05, 0) is 61.2 Å². The summed E-state index contributed by atoms with van der Waals surface area (Å²) in [6, 6.07) is 0. The Labute approximate surface area is 99.6 Å². The molecule has 16 heavy (non-hydrogen) atoms. The van der Waals surface area contributed by atoms with Crippen LogP contribution in [0.1, 0.15) is 66.2 Å². The average molecular weight is 222 g/mol. The molecule has 0 amide bonds. The summed E-state index contributed by atoms with van der Waals surface area (Å²) in [6.45, 7) is 9.49. The van der Waals surface area contributed by atoms with Gasteiger partial charge >= 0.3 is 0 Å². The van der Waals surface area contributed by atoms with E-state index in [1.54, 1.807) is 0 Å². The van der Waals surface area contributed by atoms with Gasteiger partial charge in [-0.15, -0.1) is 0 Å². The molecule has 0 heterocycles. The molecule has 0 radical (unpaired) electrons. The molecule has 3 saturated carbocycles. The van der Waals surface area contributed by atoms with Gasteiger partial charge in [-0.1, -0.05) is 27.2 Å². The Morgan fingerprint density at radius 2 is 1.62 bits per heavy atom. The van der Waals surface area contributed by atoms with Gasteiger partial charge < -0.3 is 5.11 Å². The number of aliphatic hydroxyl groups is 1. The standard InChI is InChI=1S/C15H26O/c1-12(2)6-5-7-14(12,4)15-9-8-13(3,16)11(15)10-15/h11,16H,5-10H2,1-4H3/t11-,13-,14+,15+/m1/s1. The van der Waals surface area contributed by atoms with Gasteiger partial charge in [-0.25, -0.2) is 0 Å². The van der Waals surface area contributed by atoms with E-state index < -0.39 is 0 Å². The van der Waals surface area contributed by atoms with Crippen LogP contribution in [0.2, 0.25) is 0 Å². The van der Waals surface area contributed by atoms with Crippen LogP contribution in [0.25, 0.3) is 0 Å². The molecule has 0 aromatic carbocycles. The summed E-state index contributed by atoms with van der Waals surface area (Å²) in [5, 5.41) is 10.4. The Hall–Kier alpha value is -0.0400. The van der Waals surface area contributed by atoms with Crippen molar-refractivity contribution < 1.29 is 5.11 Å². The highest BCUT2D eigenvalue weighted by atomic mass is 16.3. The van der Waals surface area contributed by atoms with Crippen LogP contribution in [0.3, 0.4) is 0 Å². The first-order valence-corrected chi connectivity index (χ1v) is 6.98. The summed E-state index contributed by atoms with van der Waals surface area (Å²) in [5.74, 6) is 0.599. The minimum absolute atomic E-state index is 0.359. The van der Waals surface area contributed by atoms with Crippen LogP contribution >= 0.6 is 0 Å². The van der Waals surface area contributed by atoms with E-state index in [1.165, 1.54) is 32.1 Å². The molecule has 0 bridgehead atoms. The lowest BCUT2D eigenvalue weighted by atomic mass is 9.59. The van der Waals surface area contributed by atoms with Gasteiger partial charge in [0.2, 0.25) is 0 Å². The SMILES string of the molecule is CC1(C)CCC[C@]1(C)[C@]12CC[C@@](C)(O)[C@H]1C2. The topological polar surface area (TPSA) is 20.2 Å². The van der Waals surface area contributed by atoms with Crippen LogP contribution in [-0.2, 0) is 0 Å². The van der Waals surface area contributed by atoms with Gasteiger partial charge in [-0.3, -0.25) is 0 Å². The first-order chi connectivity index (χ1) is 7.25. The quantitative estimate of drug-likeness (QED) is 0.716. The summed E-state index contributed by atoms with van der Waals surface area (Å²) >= 11 is 0. The van der Waals surface area contributed by atoms with Crippen molar-refractivity contribution in [1.82, 2.24) is 0 Å². The number of hydrogen-bond acceptors (Lipinski definition) is 1. The van der Waals surface area contributed by atoms with Crippen LogP contribution in [0.4, 0.5) is 0 Å². The molecule has 1 N–H and O–H groups in total. The molecule has 0 spiro atoms. The highest BCUT2D eigenvalue weighted by Gasteiger charge is 2.75. The largest absolute Gasteiger partial charge is 0.390 e. The van der Waals surface area contributed by atoms with Crippen molar-refractivity contribution in [1.29, 1.82) is 0 Å². The van der Waals surface area contributed by atoms with Crippen molar-refractivity contribution in [2.24, 2.45) is 22.2 Å². The number of hydrogen-bond donors (Lipinski definition) is 1. The molecule has 0 unspecified atom stereocenters. The summed E-state index contributed by atoms with van der Waals surface area (Å²) in [4.78, 5) is 0. The fourth-order valence-corrected chi connectivity index (χ4v) is 5.35. The number of rotatable bonds is 1. The molecule has 3 fully saturated rings. The fourth-order valence-electron chi connectivity index (χ4n) is 5.35. The highest BCUT2D eigenvalue weighted by molar-refractivity contribution is 5.24. The molecular formula is C15H26O. The van der Waals surface area contributed by atoms with Gasteiger partial charge in [0.15, 0.2) is 0 Å². The van der Waals surface area contributed by atoms with E-state index in [2.05, 4.69) is 27.7 Å². The molecular weight excluding hydrogens is 196 g/mol. The summed E-state index contributed by atoms with van der Waals surface area (Å²) in [7, 11) is 0. The van der Waals surface area contributed by atoms with Crippen molar-refractivity contribution in [3.63, 3.8) is 0 Å². The molecule has 0 aromatic rings. The molecule has 3 aliphatic rings. The zero-order valence-electron chi connectivity index (χ0n) is 11.3. The van der Waals surface area contributed by atoms with E-state index >= 15 is 0 Å². The Kier molecular flexibility index (Phi) is 1.86. The van der Waals surface area contributed by atoms with Crippen molar-refractivity contribution in [3.8, 4) is 0 Å². The van der Waals surface area contributed by atoms with E-state index in [-0.39, 0.29) is 5.60 Å². The lowest BCUT2D eigenvalue weighted by molar-refractivity contribution is 0.0142. The lowest BCUT2D eigenvalue weighted by Crippen LogP contribution is -2.39. The predicted octanol–water partition coefficient (Wildman–Crippen LogP) is 3.75. The van der Waals surface area contributed by atoms with E-state index in [0.717, 1.165) is 6.42 Å². The van der Waals surface area contributed by atoms with Gasteiger partial charge in [-0.2, -0.15) is 0 Å². The molecule has 1 heteroatoms. The maximum absolute atomic E-state index is 10.4. The second-order valence-corrected chi connectivity index (χ2v) is 7.84.